The molecule has 2 aliphatic rings. The smallest absolute Gasteiger partial charge is 0.254 e. The molecule has 3 heterocycles. The molecule has 1 aromatic heterocycles. The number of rotatable bonds is 7. The van der Waals surface area contributed by atoms with Gasteiger partial charge in [-0.2, -0.15) is 0 Å². The van der Waals surface area contributed by atoms with Gasteiger partial charge in [-0.1, -0.05) is 13.3 Å². The number of benzene rings is 1. The fourth-order valence-electron chi connectivity index (χ4n) is 4.34. The number of piperidine rings is 1. The highest BCUT2D eigenvalue weighted by atomic mass is 16.5. The van der Waals surface area contributed by atoms with Crippen molar-refractivity contribution in [1.29, 1.82) is 0 Å². The zero-order valence-electron chi connectivity index (χ0n) is 16.4. The van der Waals surface area contributed by atoms with Crippen molar-refractivity contribution in [1.82, 2.24) is 9.88 Å². The fraction of sp³-hybridized carbons (Fsp3) is 0.478. The minimum absolute atomic E-state index is 0.134. The SMILES string of the molecule is CCCCOc1ccc(C(=O)N2C3CCC2CC(Oc2ccncc2)C3)cc1. The molecule has 2 saturated heterocycles. The molecule has 5 heteroatoms. The standard InChI is InChI=1S/C23H28N2O3/c1-2-3-14-27-20-8-4-17(5-9-20)23(26)25-18-6-7-19(25)16-22(15-18)28-21-10-12-24-13-11-21/h4-5,8-13,18-19,22H,2-3,6-7,14-16H2,1H3. The van der Waals surface area contributed by atoms with Gasteiger partial charge in [-0.15, -0.1) is 0 Å². The van der Waals surface area contributed by atoms with Crippen LogP contribution in [0, 0.1) is 0 Å². The maximum Gasteiger partial charge on any atom is 0.254 e. The summed E-state index contributed by atoms with van der Waals surface area (Å²) in [6.07, 6.45) is 9.72. The summed E-state index contributed by atoms with van der Waals surface area (Å²) in [4.78, 5) is 19.3. The van der Waals surface area contributed by atoms with Crippen molar-refractivity contribution >= 4 is 5.91 Å². The Morgan fingerprint density at radius 2 is 1.71 bits per heavy atom. The first-order valence-electron chi connectivity index (χ1n) is 10.4. The maximum atomic E-state index is 13.1. The van der Waals surface area contributed by atoms with Gasteiger partial charge in [-0.25, -0.2) is 0 Å². The van der Waals surface area contributed by atoms with Gasteiger partial charge in [0.15, 0.2) is 0 Å². The molecular weight excluding hydrogens is 352 g/mol. The number of amides is 1. The lowest BCUT2D eigenvalue weighted by molar-refractivity contribution is 0.0358. The van der Waals surface area contributed by atoms with Gasteiger partial charge in [-0.05, 0) is 55.7 Å². The molecule has 2 atom stereocenters. The highest BCUT2D eigenvalue weighted by Gasteiger charge is 2.44. The lowest BCUT2D eigenvalue weighted by atomic mass is 9.98. The molecule has 2 fully saturated rings. The van der Waals surface area contributed by atoms with Crippen LogP contribution in [-0.4, -0.2) is 40.6 Å². The summed E-state index contributed by atoms with van der Waals surface area (Å²) >= 11 is 0. The number of carbonyl (C=O) groups is 1. The van der Waals surface area contributed by atoms with E-state index in [2.05, 4.69) is 16.8 Å². The maximum absolute atomic E-state index is 13.1. The Bertz CT molecular complexity index is 764. The van der Waals surface area contributed by atoms with Crippen molar-refractivity contribution in [3.8, 4) is 11.5 Å². The minimum atomic E-state index is 0.134. The van der Waals surface area contributed by atoms with Gasteiger partial charge in [0, 0.05) is 42.9 Å². The Balaban J connectivity index is 1.38. The molecule has 1 amide bonds. The third kappa shape index (κ3) is 4.13. The van der Waals surface area contributed by atoms with E-state index in [-0.39, 0.29) is 24.1 Å². The van der Waals surface area contributed by atoms with E-state index >= 15 is 0 Å². The van der Waals surface area contributed by atoms with Gasteiger partial charge >= 0.3 is 0 Å². The van der Waals surface area contributed by atoms with Gasteiger partial charge in [0.25, 0.3) is 5.91 Å². The molecule has 4 rings (SSSR count). The van der Waals surface area contributed by atoms with Crippen LogP contribution in [0.25, 0.3) is 0 Å². The number of fused-ring (bicyclic) bond motifs is 2. The number of nitrogens with zero attached hydrogens (tertiary/aromatic N) is 2. The molecule has 2 aliphatic heterocycles. The molecule has 2 aromatic rings. The second kappa shape index (κ2) is 8.63. The van der Waals surface area contributed by atoms with E-state index in [1.165, 1.54) is 0 Å². The number of aromatic nitrogens is 1. The Morgan fingerprint density at radius 1 is 1.04 bits per heavy atom. The molecule has 0 saturated carbocycles. The van der Waals surface area contributed by atoms with Crippen molar-refractivity contribution in [2.24, 2.45) is 0 Å². The van der Waals surface area contributed by atoms with E-state index in [1.54, 1.807) is 12.4 Å². The lowest BCUT2D eigenvalue weighted by Gasteiger charge is -2.39. The Hall–Kier alpha value is -2.56. The first kappa shape index (κ1) is 18.8. The number of carbonyl (C=O) groups excluding carboxylic acids is 1. The van der Waals surface area contributed by atoms with Crippen molar-refractivity contribution in [3.63, 3.8) is 0 Å². The van der Waals surface area contributed by atoms with E-state index < -0.39 is 0 Å². The van der Waals surface area contributed by atoms with Crippen LogP contribution < -0.4 is 9.47 Å². The molecule has 2 unspecified atom stereocenters. The highest BCUT2D eigenvalue weighted by molar-refractivity contribution is 5.95. The molecule has 0 aliphatic carbocycles. The molecule has 1 aromatic carbocycles. The second-order valence-electron chi connectivity index (χ2n) is 7.72. The van der Waals surface area contributed by atoms with Gasteiger partial charge in [-0.3, -0.25) is 9.78 Å². The van der Waals surface area contributed by atoms with E-state index in [0.717, 1.165) is 62.2 Å². The quantitative estimate of drug-likeness (QED) is 0.665. The highest BCUT2D eigenvalue weighted by Crippen LogP contribution is 2.38. The fourth-order valence-corrected chi connectivity index (χ4v) is 4.34. The zero-order valence-corrected chi connectivity index (χ0v) is 16.4. The summed E-state index contributed by atoms with van der Waals surface area (Å²) in [6, 6.07) is 11.9. The first-order chi connectivity index (χ1) is 13.7. The molecule has 5 nitrogen and oxygen atoms in total. The van der Waals surface area contributed by atoms with Crippen molar-refractivity contribution in [2.45, 2.75) is 63.6 Å². The molecule has 0 spiro atoms. The second-order valence-corrected chi connectivity index (χ2v) is 7.72. The number of pyridine rings is 1. The van der Waals surface area contributed by atoms with Gasteiger partial charge in [0.1, 0.15) is 17.6 Å². The Morgan fingerprint density at radius 3 is 2.36 bits per heavy atom. The van der Waals surface area contributed by atoms with Crippen LogP contribution in [0.2, 0.25) is 0 Å². The molecule has 148 valence electrons. The van der Waals surface area contributed by atoms with Gasteiger partial charge < -0.3 is 14.4 Å². The van der Waals surface area contributed by atoms with Crippen LogP contribution in [0.5, 0.6) is 11.5 Å². The van der Waals surface area contributed by atoms with Crippen LogP contribution >= 0.6 is 0 Å². The van der Waals surface area contributed by atoms with E-state index in [1.807, 2.05) is 36.4 Å². The van der Waals surface area contributed by atoms with E-state index in [4.69, 9.17) is 9.47 Å². The molecular formula is C23H28N2O3. The summed E-state index contributed by atoms with van der Waals surface area (Å²) in [5, 5.41) is 0. The number of hydrogen-bond donors (Lipinski definition) is 0. The van der Waals surface area contributed by atoms with E-state index in [0.29, 0.717) is 0 Å². The van der Waals surface area contributed by atoms with Crippen molar-refractivity contribution in [3.05, 3.63) is 54.4 Å². The van der Waals surface area contributed by atoms with Crippen molar-refractivity contribution < 1.29 is 14.3 Å². The van der Waals surface area contributed by atoms with E-state index in [9.17, 15) is 4.79 Å². The predicted molar refractivity (Wildman–Crippen MR) is 108 cm³/mol. The topological polar surface area (TPSA) is 51.7 Å². The molecule has 2 bridgehead atoms. The molecule has 0 N–H and O–H groups in total. The van der Waals surface area contributed by atoms with Gasteiger partial charge in [0.05, 0.1) is 6.61 Å². The summed E-state index contributed by atoms with van der Waals surface area (Å²) < 4.78 is 11.8. The predicted octanol–water partition coefficient (Wildman–Crippen LogP) is 4.48. The number of hydrogen-bond acceptors (Lipinski definition) is 4. The lowest BCUT2D eigenvalue weighted by Crippen LogP contribution is -2.49. The Kier molecular flexibility index (Phi) is 5.79. The summed E-state index contributed by atoms with van der Waals surface area (Å²) in [5.41, 5.74) is 0.744. The van der Waals surface area contributed by atoms with Crippen molar-refractivity contribution in [2.75, 3.05) is 6.61 Å². The van der Waals surface area contributed by atoms with Crippen LogP contribution in [-0.2, 0) is 0 Å². The monoisotopic (exact) mass is 380 g/mol. The molecule has 28 heavy (non-hydrogen) atoms. The van der Waals surface area contributed by atoms with Crippen LogP contribution in [0.3, 0.4) is 0 Å². The largest absolute Gasteiger partial charge is 0.494 e. The number of unbranched alkanes of at least 4 members (excludes halogenated alkanes) is 1. The first-order valence-corrected chi connectivity index (χ1v) is 10.4. The normalized spacial score (nSPS) is 23.5. The number of ether oxygens (including phenoxy) is 2. The average molecular weight is 380 g/mol. The summed E-state index contributed by atoms with van der Waals surface area (Å²) in [5.74, 6) is 1.82. The third-order valence-corrected chi connectivity index (χ3v) is 5.74. The van der Waals surface area contributed by atoms with Crippen LogP contribution in [0.4, 0.5) is 0 Å². The van der Waals surface area contributed by atoms with Crippen LogP contribution in [0.1, 0.15) is 55.8 Å². The summed E-state index contributed by atoms with van der Waals surface area (Å²) in [7, 11) is 0. The zero-order chi connectivity index (χ0) is 19.3. The van der Waals surface area contributed by atoms with Gasteiger partial charge in [0.2, 0.25) is 0 Å². The minimum Gasteiger partial charge on any atom is -0.494 e. The van der Waals surface area contributed by atoms with Crippen LogP contribution in [0.15, 0.2) is 48.8 Å². The third-order valence-electron chi connectivity index (χ3n) is 5.74. The Labute approximate surface area is 166 Å². The summed E-state index contributed by atoms with van der Waals surface area (Å²) in [6.45, 7) is 2.86. The molecule has 0 radical (unpaired) electrons. The average Bonchev–Trinajstić information content (AvgIpc) is 2.99.